The highest BCUT2D eigenvalue weighted by Crippen LogP contribution is 2.27. The summed E-state index contributed by atoms with van der Waals surface area (Å²) in [6.45, 7) is -0.0931. The van der Waals surface area contributed by atoms with Crippen molar-refractivity contribution in [3.8, 4) is 11.5 Å². The van der Waals surface area contributed by atoms with E-state index >= 15 is 0 Å². The summed E-state index contributed by atoms with van der Waals surface area (Å²) in [6, 6.07) is 2.99. The van der Waals surface area contributed by atoms with E-state index in [0.29, 0.717) is 16.5 Å². The number of hydrogen-bond acceptors (Lipinski definition) is 6. The second kappa shape index (κ2) is 11.4. The number of nitrogens with two attached hydrogens (primary N) is 1. The quantitative estimate of drug-likeness (QED) is 0.220. The smallest absolute Gasteiger partial charge is 0.248 e. The van der Waals surface area contributed by atoms with Gasteiger partial charge in [0.25, 0.3) is 0 Å². The molecule has 1 saturated carbocycles. The number of rotatable bonds is 10. The maximum atomic E-state index is 12.2. The number of phenols is 2. The van der Waals surface area contributed by atoms with Crippen LogP contribution in [0.1, 0.15) is 56.9 Å². The van der Waals surface area contributed by atoms with Gasteiger partial charge >= 0.3 is 0 Å². The zero-order chi connectivity index (χ0) is 22.1. The molecule has 6 N–H and O–H groups in total. The minimum Gasteiger partial charge on any atom is -0.504 e. The molecular formula is C21H31N3O6. The maximum Gasteiger partial charge on any atom is 0.248 e. The third kappa shape index (κ3) is 7.55. The Morgan fingerprint density at radius 1 is 1.13 bits per heavy atom. The van der Waals surface area contributed by atoms with Crippen LogP contribution in [0.15, 0.2) is 18.2 Å². The number of phenolic OH excluding ortho intramolecular Hbond substituents is 2. The van der Waals surface area contributed by atoms with Gasteiger partial charge in [-0.3, -0.25) is 19.6 Å². The predicted molar refractivity (Wildman–Crippen MR) is 109 cm³/mol. The Bertz CT molecular complexity index is 748. The lowest BCUT2D eigenvalue weighted by molar-refractivity contribution is -0.166. The van der Waals surface area contributed by atoms with Crippen LogP contribution in [0.3, 0.4) is 0 Å². The van der Waals surface area contributed by atoms with E-state index in [0.717, 1.165) is 19.3 Å². The molecule has 1 aliphatic carbocycles. The second-order valence-corrected chi connectivity index (χ2v) is 7.86. The number of carbonyl (C=O) groups is 3. The normalized spacial score (nSPS) is 15.4. The van der Waals surface area contributed by atoms with Crippen LogP contribution in [-0.4, -0.2) is 50.8 Å². The van der Waals surface area contributed by atoms with E-state index < -0.39 is 24.3 Å². The van der Waals surface area contributed by atoms with Crippen LogP contribution >= 0.6 is 0 Å². The summed E-state index contributed by atoms with van der Waals surface area (Å²) >= 11 is 0. The summed E-state index contributed by atoms with van der Waals surface area (Å²) in [5, 5.41) is 31.7. The van der Waals surface area contributed by atoms with E-state index in [4.69, 9.17) is 5.73 Å². The van der Waals surface area contributed by atoms with E-state index in [1.807, 2.05) is 0 Å². The van der Waals surface area contributed by atoms with Crippen molar-refractivity contribution in [1.82, 2.24) is 10.4 Å². The predicted octanol–water partition coefficient (Wildman–Crippen LogP) is 1.58. The number of benzene rings is 1. The monoisotopic (exact) mass is 421 g/mol. The van der Waals surface area contributed by atoms with Crippen molar-refractivity contribution >= 4 is 17.7 Å². The molecule has 1 atom stereocenters. The van der Waals surface area contributed by atoms with Gasteiger partial charge < -0.3 is 21.3 Å². The number of nitrogens with one attached hydrogen (secondary N) is 1. The molecule has 166 valence electrons. The maximum absolute atomic E-state index is 12.2. The Labute approximate surface area is 175 Å². The summed E-state index contributed by atoms with van der Waals surface area (Å²) in [7, 11) is 0. The largest absolute Gasteiger partial charge is 0.504 e. The van der Waals surface area contributed by atoms with Crippen molar-refractivity contribution in [2.24, 2.45) is 11.7 Å². The van der Waals surface area contributed by atoms with Gasteiger partial charge in [-0.1, -0.05) is 38.2 Å². The average Bonchev–Trinajstić information content (AvgIpc) is 2.73. The van der Waals surface area contributed by atoms with E-state index in [1.54, 1.807) is 6.07 Å². The second-order valence-electron chi connectivity index (χ2n) is 7.86. The standard InChI is InChI=1S/C21H31N3O6/c22-21(29)16(23-19(27)9-7-14-4-2-1-3-5-14)13-20(28)24(30)11-10-15-6-8-17(25)18(26)12-15/h6,8,12,14,16,25-26,30H,1-5,7,9-11,13H2,(H2,22,29)(H,23,27)/t16-/m1/s1. The van der Waals surface area contributed by atoms with Gasteiger partial charge in [0, 0.05) is 6.42 Å². The van der Waals surface area contributed by atoms with Crippen LogP contribution in [0.4, 0.5) is 0 Å². The molecule has 1 aliphatic rings. The van der Waals surface area contributed by atoms with Crippen molar-refractivity contribution in [2.45, 2.75) is 63.8 Å². The third-order valence-electron chi connectivity index (χ3n) is 5.50. The highest BCUT2D eigenvalue weighted by Gasteiger charge is 2.25. The fourth-order valence-electron chi connectivity index (χ4n) is 3.66. The molecule has 2 rings (SSSR count). The van der Waals surface area contributed by atoms with E-state index in [-0.39, 0.29) is 36.8 Å². The fraction of sp³-hybridized carbons (Fsp3) is 0.571. The topological polar surface area (TPSA) is 153 Å². The van der Waals surface area contributed by atoms with Gasteiger partial charge in [-0.05, 0) is 36.5 Å². The first kappa shape index (κ1) is 23.5. The molecule has 30 heavy (non-hydrogen) atoms. The minimum atomic E-state index is -1.19. The van der Waals surface area contributed by atoms with Crippen molar-refractivity contribution in [2.75, 3.05) is 6.54 Å². The summed E-state index contributed by atoms with van der Waals surface area (Å²) in [5.41, 5.74) is 5.91. The molecule has 0 spiro atoms. The molecule has 0 heterocycles. The summed E-state index contributed by atoms with van der Waals surface area (Å²) in [4.78, 5) is 36.0. The molecule has 0 radical (unpaired) electrons. The number of amides is 3. The number of hydrogen-bond donors (Lipinski definition) is 5. The molecule has 1 aromatic carbocycles. The third-order valence-corrected chi connectivity index (χ3v) is 5.50. The zero-order valence-corrected chi connectivity index (χ0v) is 17.0. The minimum absolute atomic E-state index is 0.0931. The van der Waals surface area contributed by atoms with Crippen LogP contribution in [0.2, 0.25) is 0 Å². The number of carbonyl (C=O) groups excluding carboxylic acids is 3. The average molecular weight is 421 g/mol. The summed E-state index contributed by atoms with van der Waals surface area (Å²) in [5.74, 6) is -1.97. The van der Waals surface area contributed by atoms with E-state index in [1.165, 1.54) is 31.4 Å². The highest BCUT2D eigenvalue weighted by molar-refractivity contribution is 5.90. The number of hydroxylamine groups is 2. The molecule has 1 fully saturated rings. The van der Waals surface area contributed by atoms with E-state index in [9.17, 15) is 29.8 Å². The van der Waals surface area contributed by atoms with Gasteiger partial charge in [-0.2, -0.15) is 0 Å². The van der Waals surface area contributed by atoms with E-state index in [2.05, 4.69) is 5.32 Å². The van der Waals surface area contributed by atoms with Crippen molar-refractivity contribution < 1.29 is 29.8 Å². The van der Waals surface area contributed by atoms with Crippen LogP contribution in [0.25, 0.3) is 0 Å². The van der Waals surface area contributed by atoms with Gasteiger partial charge in [0.2, 0.25) is 17.7 Å². The molecule has 9 nitrogen and oxygen atoms in total. The highest BCUT2D eigenvalue weighted by atomic mass is 16.5. The molecule has 0 aliphatic heterocycles. The Balaban J connectivity index is 1.79. The Morgan fingerprint density at radius 2 is 1.83 bits per heavy atom. The Morgan fingerprint density at radius 3 is 2.47 bits per heavy atom. The molecule has 9 heteroatoms. The van der Waals surface area contributed by atoms with Crippen molar-refractivity contribution in [3.05, 3.63) is 23.8 Å². The van der Waals surface area contributed by atoms with Gasteiger partial charge in [-0.15, -0.1) is 0 Å². The summed E-state index contributed by atoms with van der Waals surface area (Å²) < 4.78 is 0. The lowest BCUT2D eigenvalue weighted by atomic mass is 9.86. The van der Waals surface area contributed by atoms with Gasteiger partial charge in [-0.25, -0.2) is 5.06 Å². The van der Waals surface area contributed by atoms with Crippen molar-refractivity contribution in [3.63, 3.8) is 0 Å². The molecule has 1 aromatic rings. The molecular weight excluding hydrogens is 390 g/mol. The van der Waals surface area contributed by atoms with Gasteiger partial charge in [0.15, 0.2) is 11.5 Å². The molecule has 0 bridgehead atoms. The van der Waals surface area contributed by atoms with Crippen molar-refractivity contribution in [1.29, 1.82) is 0 Å². The van der Waals surface area contributed by atoms with Crippen LogP contribution in [0, 0.1) is 5.92 Å². The molecule has 0 aromatic heterocycles. The van der Waals surface area contributed by atoms with Gasteiger partial charge in [0.05, 0.1) is 13.0 Å². The molecule has 0 saturated heterocycles. The fourth-order valence-corrected chi connectivity index (χ4v) is 3.66. The molecule has 0 unspecified atom stereocenters. The van der Waals surface area contributed by atoms with Gasteiger partial charge in [0.1, 0.15) is 6.04 Å². The first-order valence-electron chi connectivity index (χ1n) is 10.3. The van der Waals surface area contributed by atoms with Crippen LogP contribution < -0.4 is 11.1 Å². The Kier molecular flexibility index (Phi) is 8.91. The zero-order valence-electron chi connectivity index (χ0n) is 17.0. The lowest BCUT2D eigenvalue weighted by Crippen LogP contribution is -2.47. The van der Waals surface area contributed by atoms with Crippen LogP contribution in [-0.2, 0) is 20.8 Å². The number of aromatic hydroxyl groups is 2. The lowest BCUT2D eigenvalue weighted by Gasteiger charge is -2.22. The first-order valence-corrected chi connectivity index (χ1v) is 10.3. The molecule has 3 amide bonds. The first-order chi connectivity index (χ1) is 14.3. The number of primary amides is 1. The van der Waals surface area contributed by atoms with Crippen LogP contribution in [0.5, 0.6) is 11.5 Å². The summed E-state index contributed by atoms with van der Waals surface area (Å²) in [6.07, 6.45) is 6.62. The Hall–Kier alpha value is -2.81. The number of nitrogens with zero attached hydrogens (tertiary/aromatic N) is 1. The SMILES string of the molecule is NC(=O)[C@@H](CC(=O)N(O)CCc1ccc(O)c(O)c1)NC(=O)CCC1CCCCC1.